The third kappa shape index (κ3) is 3.27. The number of nitriles is 1. The van der Waals surface area contributed by atoms with Crippen LogP contribution in [-0.4, -0.2) is 11.0 Å². The maximum absolute atomic E-state index is 9.28. The molecule has 1 aromatic carbocycles. The molecule has 0 fully saturated rings. The summed E-state index contributed by atoms with van der Waals surface area (Å²) in [6.45, 7) is 6.63. The van der Waals surface area contributed by atoms with Crippen LogP contribution < -0.4 is 5.32 Å². The van der Waals surface area contributed by atoms with Crippen molar-refractivity contribution in [2.24, 2.45) is 5.92 Å². The van der Waals surface area contributed by atoms with Crippen molar-refractivity contribution in [1.82, 2.24) is 4.98 Å². The van der Waals surface area contributed by atoms with Crippen LogP contribution in [0.5, 0.6) is 0 Å². The number of hydrogen-bond acceptors (Lipinski definition) is 3. The molecule has 0 aliphatic heterocycles. The van der Waals surface area contributed by atoms with Crippen LogP contribution in [0, 0.1) is 17.2 Å². The summed E-state index contributed by atoms with van der Waals surface area (Å²) in [5.74, 6) is 0.698. The van der Waals surface area contributed by atoms with Gasteiger partial charge in [-0.1, -0.05) is 32.0 Å². The van der Waals surface area contributed by atoms with Gasteiger partial charge in [0.05, 0.1) is 16.8 Å². The SMILES string of the molecule is CC(C)CCC(C)Nc1c(C#N)cnc2ccccc12. The van der Waals surface area contributed by atoms with Gasteiger partial charge >= 0.3 is 0 Å². The first-order chi connectivity index (χ1) is 9.61. The van der Waals surface area contributed by atoms with Crippen LogP contribution in [0.1, 0.15) is 39.2 Å². The molecular formula is C17H21N3. The molecule has 3 heteroatoms. The molecule has 1 atom stereocenters. The van der Waals surface area contributed by atoms with E-state index in [1.54, 1.807) is 6.20 Å². The quantitative estimate of drug-likeness (QED) is 0.876. The fraction of sp³-hybridized carbons (Fsp3) is 0.412. The van der Waals surface area contributed by atoms with Crippen molar-refractivity contribution < 1.29 is 0 Å². The molecule has 1 aromatic heterocycles. The minimum Gasteiger partial charge on any atom is -0.381 e. The van der Waals surface area contributed by atoms with Crippen LogP contribution in [-0.2, 0) is 0 Å². The van der Waals surface area contributed by atoms with Gasteiger partial charge in [-0.05, 0) is 31.7 Å². The highest BCUT2D eigenvalue weighted by Crippen LogP contribution is 2.26. The Morgan fingerprint density at radius 1 is 1.20 bits per heavy atom. The van der Waals surface area contributed by atoms with E-state index in [9.17, 15) is 5.26 Å². The van der Waals surface area contributed by atoms with Gasteiger partial charge in [0.1, 0.15) is 6.07 Å². The number of benzene rings is 1. The second kappa shape index (κ2) is 6.38. The highest BCUT2D eigenvalue weighted by atomic mass is 14.9. The van der Waals surface area contributed by atoms with Crippen LogP contribution >= 0.6 is 0 Å². The predicted molar refractivity (Wildman–Crippen MR) is 83.6 cm³/mol. The van der Waals surface area contributed by atoms with Gasteiger partial charge in [0, 0.05) is 17.6 Å². The average Bonchev–Trinajstić information content (AvgIpc) is 2.45. The van der Waals surface area contributed by atoms with Gasteiger partial charge < -0.3 is 5.32 Å². The van der Waals surface area contributed by atoms with Gasteiger partial charge in [-0.25, -0.2) is 0 Å². The molecule has 0 spiro atoms. The molecule has 1 N–H and O–H groups in total. The second-order valence-electron chi connectivity index (χ2n) is 5.69. The summed E-state index contributed by atoms with van der Waals surface area (Å²) < 4.78 is 0. The van der Waals surface area contributed by atoms with E-state index in [1.165, 1.54) is 6.42 Å². The van der Waals surface area contributed by atoms with E-state index < -0.39 is 0 Å². The average molecular weight is 267 g/mol. The first kappa shape index (κ1) is 14.3. The lowest BCUT2D eigenvalue weighted by Crippen LogP contribution is -2.17. The van der Waals surface area contributed by atoms with E-state index in [4.69, 9.17) is 0 Å². The van der Waals surface area contributed by atoms with Gasteiger partial charge in [0.2, 0.25) is 0 Å². The summed E-state index contributed by atoms with van der Waals surface area (Å²) in [7, 11) is 0. The van der Waals surface area contributed by atoms with Gasteiger partial charge in [-0.2, -0.15) is 5.26 Å². The van der Waals surface area contributed by atoms with Gasteiger partial charge in [-0.3, -0.25) is 4.98 Å². The van der Waals surface area contributed by atoms with Crippen LogP contribution in [0.15, 0.2) is 30.5 Å². The Hall–Kier alpha value is -2.08. The lowest BCUT2D eigenvalue weighted by atomic mass is 10.0. The van der Waals surface area contributed by atoms with E-state index in [2.05, 4.69) is 37.1 Å². The Kier molecular flexibility index (Phi) is 4.57. The fourth-order valence-corrected chi connectivity index (χ4v) is 2.28. The van der Waals surface area contributed by atoms with E-state index in [-0.39, 0.29) is 0 Å². The Morgan fingerprint density at radius 3 is 2.65 bits per heavy atom. The molecule has 0 saturated heterocycles. The number of nitrogens with one attached hydrogen (secondary N) is 1. The fourth-order valence-electron chi connectivity index (χ4n) is 2.28. The van der Waals surface area contributed by atoms with Crippen LogP contribution in [0.4, 0.5) is 5.69 Å². The zero-order valence-corrected chi connectivity index (χ0v) is 12.4. The van der Waals surface area contributed by atoms with E-state index in [0.29, 0.717) is 17.5 Å². The second-order valence-corrected chi connectivity index (χ2v) is 5.69. The number of anilines is 1. The molecule has 2 rings (SSSR count). The Bertz CT molecular complexity index is 626. The van der Waals surface area contributed by atoms with Crippen molar-refractivity contribution in [3.8, 4) is 6.07 Å². The molecule has 1 heterocycles. The molecule has 20 heavy (non-hydrogen) atoms. The zero-order chi connectivity index (χ0) is 14.5. The summed E-state index contributed by atoms with van der Waals surface area (Å²) in [5, 5.41) is 13.8. The lowest BCUT2D eigenvalue weighted by molar-refractivity contribution is 0.528. The molecule has 2 aromatic rings. The summed E-state index contributed by atoms with van der Waals surface area (Å²) in [4.78, 5) is 4.33. The molecule has 0 bridgehead atoms. The summed E-state index contributed by atoms with van der Waals surface area (Å²) in [6, 6.07) is 10.5. The normalized spacial score (nSPS) is 12.3. The molecule has 0 saturated carbocycles. The number of nitrogens with zero attached hydrogens (tertiary/aromatic N) is 2. The number of fused-ring (bicyclic) bond motifs is 1. The minimum absolute atomic E-state index is 0.343. The largest absolute Gasteiger partial charge is 0.381 e. The maximum atomic E-state index is 9.28. The number of pyridine rings is 1. The van der Waals surface area contributed by atoms with E-state index in [0.717, 1.165) is 23.0 Å². The summed E-state index contributed by atoms with van der Waals surface area (Å²) in [5.41, 5.74) is 2.44. The van der Waals surface area contributed by atoms with Crippen molar-refractivity contribution in [3.05, 3.63) is 36.0 Å². The van der Waals surface area contributed by atoms with Crippen molar-refractivity contribution in [2.75, 3.05) is 5.32 Å². The highest BCUT2D eigenvalue weighted by Gasteiger charge is 2.11. The smallest absolute Gasteiger partial charge is 0.103 e. The number of para-hydroxylation sites is 1. The molecule has 104 valence electrons. The Morgan fingerprint density at radius 2 is 1.95 bits per heavy atom. The molecule has 3 nitrogen and oxygen atoms in total. The summed E-state index contributed by atoms with van der Waals surface area (Å²) in [6.07, 6.45) is 3.93. The van der Waals surface area contributed by atoms with Gasteiger partial charge in [0.25, 0.3) is 0 Å². The van der Waals surface area contributed by atoms with Crippen LogP contribution in [0.3, 0.4) is 0 Å². The number of hydrogen-bond donors (Lipinski definition) is 1. The molecule has 0 radical (unpaired) electrons. The molecule has 1 unspecified atom stereocenters. The monoisotopic (exact) mass is 267 g/mol. The van der Waals surface area contributed by atoms with Crippen LogP contribution in [0.25, 0.3) is 10.9 Å². The van der Waals surface area contributed by atoms with Crippen molar-refractivity contribution >= 4 is 16.6 Å². The first-order valence-electron chi connectivity index (χ1n) is 7.16. The number of rotatable bonds is 5. The molecule has 0 aliphatic carbocycles. The molecule has 0 aliphatic rings. The van der Waals surface area contributed by atoms with Gasteiger partial charge in [0.15, 0.2) is 0 Å². The van der Waals surface area contributed by atoms with Crippen molar-refractivity contribution in [2.45, 2.75) is 39.7 Å². The standard InChI is InChI=1S/C17H21N3/c1-12(2)8-9-13(3)20-17-14(10-18)11-19-16-7-5-4-6-15(16)17/h4-7,11-13H,8-9H2,1-3H3,(H,19,20). The minimum atomic E-state index is 0.343. The van der Waals surface area contributed by atoms with Gasteiger partial charge in [-0.15, -0.1) is 0 Å². The highest BCUT2D eigenvalue weighted by molar-refractivity contribution is 5.93. The van der Waals surface area contributed by atoms with Crippen molar-refractivity contribution in [3.63, 3.8) is 0 Å². The van der Waals surface area contributed by atoms with Crippen molar-refractivity contribution in [1.29, 1.82) is 5.26 Å². The van der Waals surface area contributed by atoms with E-state index >= 15 is 0 Å². The first-order valence-corrected chi connectivity index (χ1v) is 7.16. The number of aromatic nitrogens is 1. The Labute approximate surface area is 120 Å². The Balaban J connectivity index is 2.30. The zero-order valence-electron chi connectivity index (χ0n) is 12.4. The predicted octanol–water partition coefficient (Wildman–Crippen LogP) is 4.34. The third-order valence-electron chi connectivity index (χ3n) is 3.46. The van der Waals surface area contributed by atoms with Crippen LogP contribution in [0.2, 0.25) is 0 Å². The molecular weight excluding hydrogens is 246 g/mol. The summed E-state index contributed by atoms with van der Waals surface area (Å²) >= 11 is 0. The lowest BCUT2D eigenvalue weighted by Gasteiger charge is -2.18. The molecule has 0 amide bonds. The van der Waals surface area contributed by atoms with E-state index in [1.807, 2.05) is 24.3 Å². The third-order valence-corrected chi connectivity index (χ3v) is 3.46. The maximum Gasteiger partial charge on any atom is 0.103 e. The topological polar surface area (TPSA) is 48.7 Å².